The van der Waals surface area contributed by atoms with Crippen LogP contribution < -0.4 is 0 Å². The minimum atomic E-state index is 0.885. The second-order valence-corrected chi connectivity index (χ2v) is 4.81. The van der Waals surface area contributed by atoms with Gasteiger partial charge in [0.2, 0.25) is 0 Å². The van der Waals surface area contributed by atoms with Crippen LogP contribution in [0.3, 0.4) is 0 Å². The maximum atomic E-state index is 5.36. The maximum absolute atomic E-state index is 5.36. The number of para-hydroxylation sites is 1. The number of aromatic amines is 1. The number of nitrogens with zero attached hydrogens (tertiary/aromatic N) is 2. The first-order chi connectivity index (χ1) is 8.93. The Morgan fingerprint density at radius 3 is 3.06 bits per heavy atom. The van der Waals surface area contributed by atoms with Crippen LogP contribution in [0.2, 0.25) is 0 Å². The highest BCUT2D eigenvalue weighted by Crippen LogP contribution is 2.17. The smallest absolute Gasteiger partial charge is 0.0682 e. The van der Waals surface area contributed by atoms with Gasteiger partial charge in [-0.05, 0) is 24.9 Å². The second kappa shape index (κ2) is 5.50. The number of fused-ring (bicyclic) bond motifs is 1. The van der Waals surface area contributed by atoms with E-state index in [2.05, 4.69) is 33.3 Å². The van der Waals surface area contributed by atoms with Gasteiger partial charge in [-0.2, -0.15) is 5.10 Å². The minimum absolute atomic E-state index is 0.885. The van der Waals surface area contributed by atoms with Crippen LogP contribution >= 0.6 is 0 Å². The standard InChI is InChI=1S/C14H19N3O/c1-3-12(14-13(4-1)11-15-16-14)5-2-6-17-7-9-18-10-8-17/h1,3-4,11H,2,5-10H2,(H,15,16). The highest BCUT2D eigenvalue weighted by molar-refractivity contribution is 5.81. The van der Waals surface area contributed by atoms with Gasteiger partial charge in [-0.15, -0.1) is 0 Å². The molecule has 96 valence electrons. The molecule has 18 heavy (non-hydrogen) atoms. The van der Waals surface area contributed by atoms with Crippen LogP contribution in [0.5, 0.6) is 0 Å². The molecule has 1 aliphatic heterocycles. The summed E-state index contributed by atoms with van der Waals surface area (Å²) in [6.07, 6.45) is 4.19. The van der Waals surface area contributed by atoms with Gasteiger partial charge >= 0.3 is 0 Å². The molecule has 1 aromatic carbocycles. The van der Waals surface area contributed by atoms with Crippen LogP contribution in [-0.4, -0.2) is 47.9 Å². The molecule has 2 heterocycles. The van der Waals surface area contributed by atoms with Crippen LogP contribution in [0.4, 0.5) is 0 Å². The second-order valence-electron chi connectivity index (χ2n) is 4.81. The van der Waals surface area contributed by atoms with E-state index in [-0.39, 0.29) is 0 Å². The molecule has 0 atom stereocenters. The fraction of sp³-hybridized carbons (Fsp3) is 0.500. The average molecular weight is 245 g/mol. The molecule has 1 fully saturated rings. The van der Waals surface area contributed by atoms with Crippen molar-refractivity contribution in [3.05, 3.63) is 30.0 Å². The number of nitrogens with one attached hydrogen (secondary N) is 1. The van der Waals surface area contributed by atoms with Crippen LogP contribution in [-0.2, 0) is 11.2 Å². The van der Waals surface area contributed by atoms with Crippen LogP contribution in [0.1, 0.15) is 12.0 Å². The van der Waals surface area contributed by atoms with Gasteiger partial charge in [0, 0.05) is 18.5 Å². The Bertz CT molecular complexity index is 502. The third-order valence-electron chi connectivity index (χ3n) is 3.59. The third kappa shape index (κ3) is 2.54. The first kappa shape index (κ1) is 11.7. The van der Waals surface area contributed by atoms with Crippen LogP contribution in [0, 0.1) is 0 Å². The van der Waals surface area contributed by atoms with Crippen molar-refractivity contribution in [1.29, 1.82) is 0 Å². The van der Waals surface area contributed by atoms with Crippen LogP contribution in [0.25, 0.3) is 10.9 Å². The Balaban J connectivity index is 1.57. The first-order valence-corrected chi connectivity index (χ1v) is 6.64. The molecule has 2 aromatic rings. The highest BCUT2D eigenvalue weighted by atomic mass is 16.5. The van der Waals surface area contributed by atoms with Gasteiger partial charge in [-0.3, -0.25) is 10.00 Å². The largest absolute Gasteiger partial charge is 0.379 e. The van der Waals surface area contributed by atoms with E-state index in [9.17, 15) is 0 Å². The fourth-order valence-corrected chi connectivity index (χ4v) is 2.56. The number of benzene rings is 1. The number of ether oxygens (including phenoxy) is 1. The molecule has 1 aliphatic rings. The maximum Gasteiger partial charge on any atom is 0.0682 e. The fourth-order valence-electron chi connectivity index (χ4n) is 2.56. The SMILES string of the molecule is c1cc(CCCN2CCOCC2)c2[nH]ncc2c1. The molecule has 0 saturated carbocycles. The van der Waals surface area contributed by atoms with E-state index < -0.39 is 0 Å². The van der Waals surface area contributed by atoms with E-state index in [0.29, 0.717) is 0 Å². The van der Waals surface area contributed by atoms with Gasteiger partial charge in [-0.25, -0.2) is 0 Å². The van der Waals surface area contributed by atoms with Crippen molar-refractivity contribution in [2.24, 2.45) is 0 Å². The summed E-state index contributed by atoms with van der Waals surface area (Å²) in [5.74, 6) is 0. The number of morpholine rings is 1. The summed E-state index contributed by atoms with van der Waals surface area (Å²) < 4.78 is 5.36. The number of aryl methyl sites for hydroxylation is 1. The van der Waals surface area contributed by atoms with Crippen molar-refractivity contribution in [2.45, 2.75) is 12.8 Å². The lowest BCUT2D eigenvalue weighted by Crippen LogP contribution is -2.36. The Morgan fingerprint density at radius 2 is 2.17 bits per heavy atom. The summed E-state index contributed by atoms with van der Waals surface area (Å²) in [5.41, 5.74) is 2.57. The van der Waals surface area contributed by atoms with E-state index in [4.69, 9.17) is 4.74 Å². The van der Waals surface area contributed by atoms with E-state index in [1.165, 1.54) is 22.9 Å². The Morgan fingerprint density at radius 1 is 1.28 bits per heavy atom. The molecule has 0 bridgehead atoms. The number of aromatic nitrogens is 2. The third-order valence-corrected chi connectivity index (χ3v) is 3.59. The van der Waals surface area contributed by atoms with Gasteiger partial charge in [0.1, 0.15) is 0 Å². The molecule has 4 nitrogen and oxygen atoms in total. The summed E-state index contributed by atoms with van der Waals surface area (Å²) >= 11 is 0. The Labute approximate surface area is 107 Å². The molecule has 0 amide bonds. The molecule has 1 saturated heterocycles. The van der Waals surface area contributed by atoms with E-state index in [1.807, 2.05) is 6.20 Å². The Kier molecular flexibility index (Phi) is 3.57. The molecule has 0 aliphatic carbocycles. The zero-order valence-electron chi connectivity index (χ0n) is 10.6. The quantitative estimate of drug-likeness (QED) is 0.893. The molecule has 0 spiro atoms. The predicted molar refractivity (Wildman–Crippen MR) is 71.7 cm³/mol. The van der Waals surface area contributed by atoms with Crippen molar-refractivity contribution >= 4 is 10.9 Å². The number of hydrogen-bond donors (Lipinski definition) is 1. The van der Waals surface area contributed by atoms with Crippen molar-refractivity contribution in [3.63, 3.8) is 0 Å². The lowest BCUT2D eigenvalue weighted by Gasteiger charge is -2.26. The van der Waals surface area contributed by atoms with Gasteiger partial charge in [0.25, 0.3) is 0 Å². The summed E-state index contributed by atoms with van der Waals surface area (Å²) in [6.45, 7) is 5.09. The molecule has 3 rings (SSSR count). The molecule has 4 heteroatoms. The van der Waals surface area contributed by atoms with Crippen molar-refractivity contribution in [2.75, 3.05) is 32.8 Å². The van der Waals surface area contributed by atoms with Gasteiger partial charge in [-0.1, -0.05) is 18.2 Å². The lowest BCUT2D eigenvalue weighted by atomic mass is 10.1. The monoisotopic (exact) mass is 245 g/mol. The number of hydrogen-bond acceptors (Lipinski definition) is 3. The average Bonchev–Trinajstić information content (AvgIpc) is 2.89. The Hall–Kier alpha value is -1.39. The van der Waals surface area contributed by atoms with Gasteiger partial charge in [0.05, 0.1) is 24.9 Å². The van der Waals surface area contributed by atoms with Gasteiger partial charge in [0.15, 0.2) is 0 Å². The summed E-state index contributed by atoms with van der Waals surface area (Å²) in [6, 6.07) is 6.41. The molecular weight excluding hydrogens is 226 g/mol. The normalized spacial score (nSPS) is 17.3. The highest BCUT2D eigenvalue weighted by Gasteiger charge is 2.10. The number of rotatable bonds is 4. The molecule has 1 N–H and O–H groups in total. The zero-order valence-corrected chi connectivity index (χ0v) is 10.6. The van der Waals surface area contributed by atoms with Crippen LogP contribution in [0.15, 0.2) is 24.4 Å². The van der Waals surface area contributed by atoms with Crippen molar-refractivity contribution < 1.29 is 4.74 Å². The summed E-state index contributed by atoms with van der Waals surface area (Å²) in [7, 11) is 0. The summed E-state index contributed by atoms with van der Waals surface area (Å²) in [5, 5.41) is 8.41. The topological polar surface area (TPSA) is 41.1 Å². The first-order valence-electron chi connectivity index (χ1n) is 6.64. The lowest BCUT2D eigenvalue weighted by molar-refractivity contribution is 0.0375. The van der Waals surface area contributed by atoms with E-state index >= 15 is 0 Å². The van der Waals surface area contributed by atoms with Crippen molar-refractivity contribution in [1.82, 2.24) is 15.1 Å². The van der Waals surface area contributed by atoms with E-state index in [1.54, 1.807) is 0 Å². The minimum Gasteiger partial charge on any atom is -0.379 e. The predicted octanol–water partition coefficient (Wildman–Crippen LogP) is 1.83. The molecular formula is C14H19N3O. The zero-order chi connectivity index (χ0) is 12.2. The number of H-pyrrole nitrogens is 1. The molecule has 0 unspecified atom stereocenters. The van der Waals surface area contributed by atoms with Gasteiger partial charge < -0.3 is 4.74 Å². The van der Waals surface area contributed by atoms with Crippen molar-refractivity contribution in [3.8, 4) is 0 Å². The summed E-state index contributed by atoms with van der Waals surface area (Å²) in [4.78, 5) is 2.48. The van der Waals surface area contributed by atoms with E-state index in [0.717, 1.165) is 39.3 Å². The molecule has 1 aromatic heterocycles. The molecule has 0 radical (unpaired) electrons.